The first-order valence-corrected chi connectivity index (χ1v) is 10.9. The van der Waals surface area contributed by atoms with Gasteiger partial charge >= 0.3 is 0 Å². The van der Waals surface area contributed by atoms with Crippen LogP contribution < -0.4 is 5.32 Å². The Balaban J connectivity index is 1.61. The number of aryl methyl sites for hydroxylation is 1. The topological polar surface area (TPSA) is 84.3 Å². The molecule has 3 heterocycles. The van der Waals surface area contributed by atoms with Crippen molar-refractivity contribution in [1.29, 1.82) is 0 Å². The molecular formula is C17H24N4O3S2. The maximum atomic E-state index is 12.8. The Morgan fingerprint density at radius 3 is 2.92 bits per heavy atom. The van der Waals surface area contributed by atoms with E-state index in [9.17, 15) is 13.2 Å². The van der Waals surface area contributed by atoms with Crippen LogP contribution in [-0.2, 0) is 21.4 Å². The summed E-state index contributed by atoms with van der Waals surface area (Å²) in [4.78, 5) is 17.5. The minimum absolute atomic E-state index is 0.0522. The fourth-order valence-corrected chi connectivity index (χ4v) is 6.13. The molecule has 1 amide bonds. The van der Waals surface area contributed by atoms with E-state index in [1.54, 1.807) is 18.6 Å². The van der Waals surface area contributed by atoms with Gasteiger partial charge in [0, 0.05) is 42.9 Å². The predicted octanol–water partition coefficient (Wildman–Crippen LogP) is 1.86. The van der Waals surface area contributed by atoms with Gasteiger partial charge in [-0.05, 0) is 38.8 Å². The molecule has 0 bridgehead atoms. The molecule has 1 aliphatic rings. The Bertz CT molecular complexity index is 845. The highest BCUT2D eigenvalue weighted by molar-refractivity contribution is 7.91. The minimum Gasteiger partial charge on any atom is -0.352 e. The second-order valence-electron chi connectivity index (χ2n) is 6.74. The van der Waals surface area contributed by atoms with E-state index in [1.165, 1.54) is 15.6 Å². The van der Waals surface area contributed by atoms with Crippen LogP contribution in [-0.4, -0.2) is 47.3 Å². The monoisotopic (exact) mass is 396 g/mol. The fraction of sp³-hybridized carbons (Fsp3) is 0.529. The summed E-state index contributed by atoms with van der Waals surface area (Å²) in [5.74, 6) is -0.398. The third-order valence-electron chi connectivity index (χ3n) is 4.50. The lowest BCUT2D eigenvalue weighted by Gasteiger charge is -2.31. The van der Waals surface area contributed by atoms with Crippen molar-refractivity contribution in [3.05, 3.63) is 35.7 Å². The number of piperidine rings is 1. The SMILES string of the molecule is Cc1ccc(S(=O)(=O)N2CCC[C@H](C(=O)N[C@@H](C)Cn3ccnc3)C2)s1. The number of nitrogens with one attached hydrogen (secondary N) is 1. The molecule has 0 radical (unpaired) electrons. The molecule has 2 aromatic heterocycles. The molecule has 1 N–H and O–H groups in total. The Morgan fingerprint density at radius 1 is 1.46 bits per heavy atom. The highest BCUT2D eigenvalue weighted by atomic mass is 32.2. The molecule has 26 heavy (non-hydrogen) atoms. The fourth-order valence-electron chi connectivity index (χ4n) is 3.17. The highest BCUT2D eigenvalue weighted by Crippen LogP contribution is 2.28. The molecule has 0 unspecified atom stereocenters. The van der Waals surface area contributed by atoms with Gasteiger partial charge in [0.25, 0.3) is 10.0 Å². The van der Waals surface area contributed by atoms with Crippen molar-refractivity contribution in [2.24, 2.45) is 5.92 Å². The van der Waals surface area contributed by atoms with Crippen molar-refractivity contribution in [3.63, 3.8) is 0 Å². The summed E-state index contributed by atoms with van der Waals surface area (Å²) in [6, 6.07) is 3.40. The number of imidazole rings is 1. The van der Waals surface area contributed by atoms with Gasteiger partial charge in [-0.1, -0.05) is 0 Å². The number of hydrogen-bond acceptors (Lipinski definition) is 5. The maximum absolute atomic E-state index is 12.8. The van der Waals surface area contributed by atoms with Gasteiger partial charge in [-0.3, -0.25) is 4.79 Å². The van der Waals surface area contributed by atoms with E-state index in [4.69, 9.17) is 0 Å². The lowest BCUT2D eigenvalue weighted by atomic mass is 9.98. The molecule has 0 aliphatic carbocycles. The number of hydrogen-bond donors (Lipinski definition) is 1. The lowest BCUT2D eigenvalue weighted by Crippen LogP contribution is -2.47. The highest BCUT2D eigenvalue weighted by Gasteiger charge is 2.34. The van der Waals surface area contributed by atoms with Crippen molar-refractivity contribution in [1.82, 2.24) is 19.2 Å². The minimum atomic E-state index is -3.52. The molecule has 7 nitrogen and oxygen atoms in total. The molecule has 0 saturated carbocycles. The maximum Gasteiger partial charge on any atom is 0.252 e. The summed E-state index contributed by atoms with van der Waals surface area (Å²) in [7, 11) is -3.52. The molecule has 1 saturated heterocycles. The number of rotatable bonds is 6. The van der Waals surface area contributed by atoms with Gasteiger partial charge in [0.05, 0.1) is 12.2 Å². The van der Waals surface area contributed by atoms with E-state index in [1.807, 2.05) is 30.7 Å². The zero-order valence-corrected chi connectivity index (χ0v) is 16.6. The second kappa shape index (κ2) is 7.89. The number of aromatic nitrogens is 2. The molecule has 2 aromatic rings. The van der Waals surface area contributed by atoms with E-state index in [2.05, 4.69) is 10.3 Å². The van der Waals surface area contributed by atoms with Crippen LogP contribution in [0.2, 0.25) is 0 Å². The molecule has 1 aliphatic heterocycles. The van der Waals surface area contributed by atoms with Crippen molar-refractivity contribution in [2.45, 2.75) is 43.5 Å². The van der Waals surface area contributed by atoms with Crippen molar-refractivity contribution in [2.75, 3.05) is 13.1 Å². The zero-order valence-electron chi connectivity index (χ0n) is 15.0. The first-order valence-electron chi connectivity index (χ1n) is 8.69. The number of carbonyl (C=O) groups excluding carboxylic acids is 1. The molecule has 3 rings (SSSR count). The van der Waals surface area contributed by atoms with E-state index in [-0.39, 0.29) is 24.4 Å². The summed E-state index contributed by atoms with van der Waals surface area (Å²) < 4.78 is 29.3. The molecule has 2 atom stereocenters. The summed E-state index contributed by atoms with van der Waals surface area (Å²) in [6.45, 7) is 5.16. The van der Waals surface area contributed by atoms with Crippen molar-refractivity contribution >= 4 is 27.3 Å². The third kappa shape index (κ3) is 4.33. The molecular weight excluding hydrogens is 372 g/mol. The lowest BCUT2D eigenvalue weighted by molar-refractivity contribution is -0.126. The average molecular weight is 397 g/mol. The van der Waals surface area contributed by atoms with Gasteiger partial charge in [0.1, 0.15) is 4.21 Å². The predicted molar refractivity (Wildman–Crippen MR) is 100 cm³/mol. The summed E-state index contributed by atoms with van der Waals surface area (Å²) in [6.07, 6.45) is 6.66. The second-order valence-corrected chi connectivity index (χ2v) is 10.2. The van der Waals surface area contributed by atoms with E-state index < -0.39 is 10.0 Å². The van der Waals surface area contributed by atoms with Crippen LogP contribution in [0.3, 0.4) is 0 Å². The van der Waals surface area contributed by atoms with Crippen LogP contribution in [0, 0.1) is 12.8 Å². The summed E-state index contributed by atoms with van der Waals surface area (Å²) in [5, 5.41) is 3.00. The van der Waals surface area contributed by atoms with Crippen LogP contribution >= 0.6 is 11.3 Å². The van der Waals surface area contributed by atoms with Crippen LogP contribution in [0.1, 0.15) is 24.6 Å². The van der Waals surface area contributed by atoms with Crippen LogP contribution in [0.25, 0.3) is 0 Å². The van der Waals surface area contributed by atoms with Gasteiger partial charge in [0.2, 0.25) is 5.91 Å². The Hall–Kier alpha value is -1.71. The van der Waals surface area contributed by atoms with Crippen LogP contribution in [0.5, 0.6) is 0 Å². The Morgan fingerprint density at radius 2 is 2.27 bits per heavy atom. The molecule has 0 aromatic carbocycles. The number of carbonyl (C=O) groups is 1. The average Bonchev–Trinajstić information content (AvgIpc) is 3.26. The van der Waals surface area contributed by atoms with Gasteiger partial charge < -0.3 is 9.88 Å². The quantitative estimate of drug-likeness (QED) is 0.808. The van der Waals surface area contributed by atoms with E-state index in [0.29, 0.717) is 30.1 Å². The molecule has 9 heteroatoms. The van der Waals surface area contributed by atoms with E-state index in [0.717, 1.165) is 4.88 Å². The molecule has 142 valence electrons. The molecule has 0 spiro atoms. The number of nitrogens with zero attached hydrogens (tertiary/aromatic N) is 3. The van der Waals surface area contributed by atoms with Gasteiger partial charge in [-0.25, -0.2) is 13.4 Å². The first kappa shape index (κ1) is 19.1. The van der Waals surface area contributed by atoms with E-state index >= 15 is 0 Å². The summed E-state index contributed by atoms with van der Waals surface area (Å²) in [5.41, 5.74) is 0. The summed E-state index contributed by atoms with van der Waals surface area (Å²) >= 11 is 1.27. The van der Waals surface area contributed by atoms with Gasteiger partial charge in [0.15, 0.2) is 0 Å². The largest absolute Gasteiger partial charge is 0.352 e. The zero-order chi connectivity index (χ0) is 18.7. The Labute approximate surface area is 158 Å². The first-order chi connectivity index (χ1) is 12.4. The number of sulfonamides is 1. The Kier molecular flexibility index (Phi) is 5.79. The van der Waals surface area contributed by atoms with Crippen LogP contribution in [0.4, 0.5) is 0 Å². The van der Waals surface area contributed by atoms with Crippen molar-refractivity contribution < 1.29 is 13.2 Å². The van der Waals surface area contributed by atoms with Crippen LogP contribution in [0.15, 0.2) is 35.1 Å². The number of amides is 1. The smallest absolute Gasteiger partial charge is 0.252 e. The normalized spacial score (nSPS) is 20.0. The number of thiophene rings is 1. The third-order valence-corrected chi connectivity index (χ3v) is 7.83. The molecule has 1 fully saturated rings. The van der Waals surface area contributed by atoms with Gasteiger partial charge in [-0.2, -0.15) is 4.31 Å². The van der Waals surface area contributed by atoms with Crippen molar-refractivity contribution in [3.8, 4) is 0 Å². The standard InChI is InChI=1S/C17H24N4O3S2/c1-13(10-20-9-7-18-12-20)19-17(22)15-4-3-8-21(11-15)26(23,24)16-6-5-14(2)25-16/h5-7,9,12-13,15H,3-4,8,10-11H2,1-2H3,(H,19,22)/t13-,15-/m0/s1. The van der Waals surface area contributed by atoms with Gasteiger partial charge in [-0.15, -0.1) is 11.3 Å².